The minimum Gasteiger partial charge on any atom is -0.0685 e. The first kappa shape index (κ1) is 23.0. The standard InChI is InChI=1S/C34H30Si/c1-23-19-27(31-17-9-13-25-11-5-7-15-29(25)31)21-33(23)35(3,4)34-22-28(20-24(34)2)32-18-10-14-26-12-6-8-16-30(26)32/h5-22H,1-4H3. The summed E-state index contributed by atoms with van der Waals surface area (Å²) in [6, 6.07) is 30.7. The van der Waals surface area contributed by atoms with E-state index in [0.717, 1.165) is 0 Å². The van der Waals surface area contributed by atoms with Gasteiger partial charge in [0.25, 0.3) is 0 Å². The lowest BCUT2D eigenvalue weighted by molar-refractivity contribution is 1.12. The highest BCUT2D eigenvalue weighted by molar-refractivity contribution is 6.90. The highest BCUT2D eigenvalue weighted by Gasteiger charge is 2.52. The monoisotopic (exact) mass is 466 g/mol. The van der Waals surface area contributed by atoms with Gasteiger partial charge in [-0.2, -0.15) is 0 Å². The molecule has 0 atom stereocenters. The molecule has 0 bridgehead atoms. The Morgan fingerprint density at radius 3 is 1.31 bits per heavy atom. The highest BCUT2D eigenvalue weighted by atomic mass is 28.3. The second-order valence-corrected chi connectivity index (χ2v) is 14.7. The van der Waals surface area contributed by atoms with Gasteiger partial charge in [-0.3, -0.25) is 0 Å². The van der Waals surface area contributed by atoms with Gasteiger partial charge in [0.05, 0.1) is 8.07 Å². The number of fused-ring (bicyclic) bond motifs is 2. The van der Waals surface area contributed by atoms with E-state index in [1.54, 1.807) is 11.1 Å². The smallest absolute Gasteiger partial charge is 0.0626 e. The van der Waals surface area contributed by atoms with Gasteiger partial charge < -0.3 is 0 Å². The van der Waals surface area contributed by atoms with Crippen LogP contribution in [0.25, 0.3) is 21.5 Å². The van der Waals surface area contributed by atoms with Crippen molar-refractivity contribution in [1.29, 1.82) is 0 Å². The third-order valence-corrected chi connectivity index (χ3v) is 11.5. The van der Waals surface area contributed by atoms with Gasteiger partial charge >= 0.3 is 0 Å². The third-order valence-electron chi connectivity index (χ3n) is 7.74. The summed E-state index contributed by atoms with van der Waals surface area (Å²) in [5.74, 6) is 5.51. The molecule has 2 fully saturated rings. The molecule has 170 valence electrons. The fourth-order valence-corrected chi connectivity index (χ4v) is 9.44. The Morgan fingerprint density at radius 2 is 0.857 bits per heavy atom. The fourth-order valence-electron chi connectivity index (χ4n) is 6.00. The molecule has 0 aliphatic heterocycles. The molecule has 1 heteroatoms. The first-order valence-corrected chi connectivity index (χ1v) is 15.5. The van der Waals surface area contributed by atoms with Gasteiger partial charge in [0.1, 0.15) is 0 Å². The maximum absolute atomic E-state index is 2.51. The maximum atomic E-state index is 2.51. The number of rotatable bonds is 4. The van der Waals surface area contributed by atoms with Crippen LogP contribution in [0.2, 0.25) is 13.1 Å². The molecule has 0 saturated heterocycles. The Hall–Kier alpha value is -2.38. The van der Waals surface area contributed by atoms with Gasteiger partial charge in [0.2, 0.25) is 0 Å². The molecule has 0 nitrogen and oxygen atoms in total. The van der Waals surface area contributed by atoms with Crippen molar-refractivity contribution in [3.63, 3.8) is 0 Å². The van der Waals surface area contributed by atoms with E-state index in [2.05, 4.69) is 138 Å². The molecular formula is C34H30Si. The molecule has 0 unspecified atom stereocenters. The van der Waals surface area contributed by atoms with Gasteiger partial charge in [-0.15, -0.1) is 0 Å². The maximum Gasteiger partial charge on any atom is 0.0626 e. The Bertz CT molecular complexity index is 1240. The fraction of sp³-hybridized carbons (Fsp3) is 0.118. The van der Waals surface area contributed by atoms with Crippen molar-refractivity contribution in [3.8, 4) is 0 Å². The van der Waals surface area contributed by atoms with Gasteiger partial charge in [-0.25, -0.2) is 0 Å². The van der Waals surface area contributed by atoms with E-state index in [9.17, 15) is 0 Å². The van der Waals surface area contributed by atoms with Gasteiger partial charge in [0.15, 0.2) is 0 Å². The number of hydrogen-bond donors (Lipinski definition) is 0. The summed E-state index contributed by atoms with van der Waals surface area (Å²) >= 11 is 0. The molecule has 10 radical (unpaired) electrons. The van der Waals surface area contributed by atoms with E-state index >= 15 is 0 Å². The summed E-state index contributed by atoms with van der Waals surface area (Å²) < 4.78 is 0. The molecule has 0 N–H and O–H groups in total. The third kappa shape index (κ3) is 3.97. The van der Waals surface area contributed by atoms with Crippen molar-refractivity contribution >= 4 is 29.6 Å². The van der Waals surface area contributed by atoms with Crippen LogP contribution in [-0.2, 0) is 0 Å². The van der Waals surface area contributed by atoms with E-state index in [1.165, 1.54) is 56.3 Å². The number of benzene rings is 4. The minimum absolute atomic E-state index is 1.30. The molecule has 0 spiro atoms. The molecule has 4 aromatic rings. The van der Waals surface area contributed by atoms with E-state index in [4.69, 9.17) is 0 Å². The van der Waals surface area contributed by atoms with E-state index in [0.29, 0.717) is 0 Å². The van der Waals surface area contributed by atoms with Crippen molar-refractivity contribution < 1.29 is 0 Å². The van der Waals surface area contributed by atoms with Crippen LogP contribution < -0.4 is 0 Å². The normalized spacial score (nSPS) is 20.0. The van der Waals surface area contributed by atoms with Crippen LogP contribution >= 0.6 is 0 Å². The summed E-state index contributed by atoms with van der Waals surface area (Å²) in [4.78, 5) is 0. The Kier molecular flexibility index (Phi) is 5.88. The molecule has 6 rings (SSSR count). The quantitative estimate of drug-likeness (QED) is 0.264. The summed E-state index contributed by atoms with van der Waals surface area (Å²) in [7, 11) is -1.90. The molecule has 0 heterocycles. The Balaban J connectivity index is 1.26. The second kappa shape index (κ2) is 8.93. The lowest BCUT2D eigenvalue weighted by Crippen LogP contribution is -2.44. The largest absolute Gasteiger partial charge is 0.0685 e. The van der Waals surface area contributed by atoms with Crippen LogP contribution in [0.4, 0.5) is 0 Å². The SMILES string of the molecule is C[C]1[CH][C](c2cccc3ccccc23)[CH][C]1[Si](C)(C)[C]1[CH][C](c2cccc3ccccc23)[CH][C]1C. The first-order chi connectivity index (χ1) is 16.9. The minimum atomic E-state index is -1.90. The molecule has 0 aromatic heterocycles. The summed E-state index contributed by atoms with van der Waals surface area (Å²) in [5.41, 5.74) is 5.74. The van der Waals surface area contributed by atoms with Gasteiger partial charge in [-0.05, 0) is 81.3 Å². The summed E-state index contributed by atoms with van der Waals surface area (Å²) in [6.45, 7) is 9.61. The van der Waals surface area contributed by atoms with Gasteiger partial charge in [-0.1, -0.05) is 112 Å². The average molecular weight is 467 g/mol. The zero-order valence-corrected chi connectivity index (χ0v) is 21.9. The summed E-state index contributed by atoms with van der Waals surface area (Å²) in [5, 5.41) is 5.25. The molecule has 35 heavy (non-hydrogen) atoms. The molecule has 2 aliphatic rings. The molecule has 0 amide bonds. The van der Waals surface area contributed by atoms with Crippen LogP contribution in [-0.4, -0.2) is 8.07 Å². The van der Waals surface area contributed by atoms with Gasteiger partial charge in [0, 0.05) is 11.8 Å². The summed E-state index contributed by atoms with van der Waals surface area (Å²) in [6.07, 6.45) is 9.76. The van der Waals surface area contributed by atoms with Crippen molar-refractivity contribution in [2.75, 3.05) is 0 Å². The van der Waals surface area contributed by atoms with E-state index in [-0.39, 0.29) is 0 Å². The van der Waals surface area contributed by atoms with Crippen molar-refractivity contribution in [3.05, 3.63) is 156 Å². The van der Waals surface area contributed by atoms with Crippen LogP contribution in [0.3, 0.4) is 0 Å². The van der Waals surface area contributed by atoms with E-state index in [1.807, 2.05) is 0 Å². The lowest BCUT2D eigenvalue weighted by atomic mass is 9.92. The van der Waals surface area contributed by atoms with Crippen molar-refractivity contribution in [2.24, 2.45) is 0 Å². The zero-order chi connectivity index (χ0) is 24.2. The van der Waals surface area contributed by atoms with Crippen LogP contribution in [0, 0.1) is 60.4 Å². The molecular weight excluding hydrogens is 436 g/mol. The topological polar surface area (TPSA) is 0 Å². The predicted octanol–water partition coefficient (Wildman–Crippen LogP) is 8.51. The first-order valence-electron chi connectivity index (χ1n) is 12.5. The van der Waals surface area contributed by atoms with Crippen LogP contribution in [0.15, 0.2) is 84.9 Å². The Labute approximate surface area is 212 Å². The highest BCUT2D eigenvalue weighted by Crippen LogP contribution is 2.56. The van der Waals surface area contributed by atoms with E-state index < -0.39 is 8.07 Å². The van der Waals surface area contributed by atoms with Crippen molar-refractivity contribution in [1.82, 2.24) is 0 Å². The average Bonchev–Trinajstić information content (AvgIpc) is 3.47. The zero-order valence-electron chi connectivity index (χ0n) is 20.9. The molecule has 2 aliphatic carbocycles. The number of hydrogen-bond acceptors (Lipinski definition) is 0. The van der Waals surface area contributed by atoms with Crippen LogP contribution in [0.5, 0.6) is 0 Å². The van der Waals surface area contributed by atoms with Crippen molar-refractivity contribution in [2.45, 2.75) is 26.9 Å². The molecule has 4 aromatic carbocycles. The lowest BCUT2D eigenvalue weighted by Gasteiger charge is -2.39. The second-order valence-electron chi connectivity index (χ2n) is 10.4. The Morgan fingerprint density at radius 1 is 0.457 bits per heavy atom. The predicted molar refractivity (Wildman–Crippen MR) is 152 cm³/mol. The van der Waals surface area contributed by atoms with Crippen LogP contribution in [0.1, 0.15) is 25.0 Å². The molecule has 2 saturated carbocycles.